The molecule has 0 aromatic carbocycles. The van der Waals surface area contributed by atoms with Crippen molar-refractivity contribution in [2.75, 3.05) is 25.0 Å². The molecule has 2 aromatic rings. The zero-order chi connectivity index (χ0) is 14.7. The summed E-state index contributed by atoms with van der Waals surface area (Å²) < 4.78 is 6.67. The summed E-state index contributed by atoms with van der Waals surface area (Å²) in [5.74, 6) is 1.29. The minimum absolute atomic E-state index is 0.211. The van der Waals surface area contributed by atoms with Gasteiger partial charge in [-0.15, -0.1) is 21.5 Å². The summed E-state index contributed by atoms with van der Waals surface area (Å²) in [7, 11) is 0. The molecule has 2 unspecified atom stereocenters. The molecular weight excluding hydrogens is 352 g/mol. The Labute approximate surface area is 136 Å². The molecule has 1 aliphatic rings. The lowest BCUT2D eigenvalue weighted by Crippen LogP contribution is -2.19. The third-order valence-corrected chi connectivity index (χ3v) is 5.13. The molecule has 1 fully saturated rings. The third-order valence-electron chi connectivity index (χ3n) is 3.49. The molecule has 0 spiro atoms. The van der Waals surface area contributed by atoms with Gasteiger partial charge in [0.05, 0.1) is 21.4 Å². The van der Waals surface area contributed by atoms with Crippen molar-refractivity contribution in [3.8, 4) is 10.6 Å². The molecule has 0 amide bonds. The second-order valence-corrected chi connectivity index (χ2v) is 7.54. The third kappa shape index (κ3) is 3.79. The second kappa shape index (κ2) is 6.83. The van der Waals surface area contributed by atoms with E-state index in [1.54, 1.807) is 11.3 Å². The molecule has 5 nitrogen and oxygen atoms in total. The predicted octanol–water partition coefficient (Wildman–Crippen LogP) is 2.74. The lowest BCUT2D eigenvalue weighted by molar-refractivity contribution is 0.113. The number of halogens is 1. The Kier molecular flexibility index (Phi) is 4.84. The maximum Gasteiger partial charge on any atom is 0.148 e. The van der Waals surface area contributed by atoms with Gasteiger partial charge in [0.1, 0.15) is 11.5 Å². The van der Waals surface area contributed by atoms with Crippen LogP contribution in [0.25, 0.3) is 10.6 Å². The Bertz CT molecular complexity index is 589. The highest BCUT2D eigenvalue weighted by molar-refractivity contribution is 9.11. The van der Waals surface area contributed by atoms with Crippen LogP contribution in [0.15, 0.2) is 28.1 Å². The molecule has 3 N–H and O–H groups in total. The van der Waals surface area contributed by atoms with Gasteiger partial charge >= 0.3 is 0 Å². The van der Waals surface area contributed by atoms with E-state index in [2.05, 4.69) is 31.4 Å². The Balaban J connectivity index is 1.55. The molecule has 2 atom stereocenters. The number of aromatic nitrogens is 2. The first-order valence-corrected chi connectivity index (χ1v) is 8.50. The highest BCUT2D eigenvalue weighted by atomic mass is 79.9. The largest absolute Gasteiger partial charge is 0.377 e. The Morgan fingerprint density at radius 1 is 1.33 bits per heavy atom. The molecule has 1 aliphatic heterocycles. The van der Waals surface area contributed by atoms with Gasteiger partial charge in [-0.1, -0.05) is 0 Å². The molecule has 0 aliphatic carbocycles. The Morgan fingerprint density at radius 3 is 2.86 bits per heavy atom. The molecule has 3 heterocycles. The van der Waals surface area contributed by atoms with Crippen LogP contribution in [0.5, 0.6) is 0 Å². The lowest BCUT2D eigenvalue weighted by Gasteiger charge is -2.10. The van der Waals surface area contributed by atoms with Crippen molar-refractivity contribution in [3.05, 3.63) is 28.1 Å². The van der Waals surface area contributed by atoms with E-state index >= 15 is 0 Å². The number of nitrogens with one attached hydrogen (secondary N) is 1. The van der Waals surface area contributed by atoms with Gasteiger partial charge in [-0.2, -0.15) is 0 Å². The van der Waals surface area contributed by atoms with Gasteiger partial charge in [-0.3, -0.25) is 0 Å². The number of ether oxygens (including phenoxy) is 1. The van der Waals surface area contributed by atoms with Gasteiger partial charge in [0.2, 0.25) is 0 Å². The number of anilines is 1. The summed E-state index contributed by atoms with van der Waals surface area (Å²) in [5.41, 5.74) is 6.50. The molecule has 112 valence electrons. The van der Waals surface area contributed by atoms with E-state index in [1.807, 2.05) is 24.3 Å². The van der Waals surface area contributed by atoms with E-state index in [0.717, 1.165) is 39.7 Å². The van der Waals surface area contributed by atoms with Crippen LogP contribution in [-0.2, 0) is 4.74 Å². The van der Waals surface area contributed by atoms with E-state index in [0.29, 0.717) is 12.5 Å². The zero-order valence-electron chi connectivity index (χ0n) is 11.5. The zero-order valence-corrected chi connectivity index (χ0v) is 13.9. The van der Waals surface area contributed by atoms with Crippen LogP contribution in [0.3, 0.4) is 0 Å². The molecule has 0 saturated carbocycles. The minimum atomic E-state index is 0.211. The van der Waals surface area contributed by atoms with E-state index in [4.69, 9.17) is 10.5 Å². The number of hydrogen-bond donors (Lipinski definition) is 2. The number of rotatable bonds is 5. The average Bonchev–Trinajstić information content (AvgIpc) is 3.14. The average molecular weight is 369 g/mol. The van der Waals surface area contributed by atoms with Crippen LogP contribution >= 0.6 is 27.3 Å². The Morgan fingerprint density at radius 2 is 2.24 bits per heavy atom. The Hall–Kier alpha value is -1.02. The summed E-state index contributed by atoms with van der Waals surface area (Å²) in [6.07, 6.45) is 1.22. The fourth-order valence-corrected chi connectivity index (χ4v) is 3.70. The van der Waals surface area contributed by atoms with E-state index < -0.39 is 0 Å². The van der Waals surface area contributed by atoms with Gasteiger partial charge in [-0.25, -0.2) is 0 Å². The summed E-state index contributed by atoms with van der Waals surface area (Å²) in [5, 5.41) is 11.8. The highest BCUT2D eigenvalue weighted by Gasteiger charge is 2.24. The normalized spacial score (nSPS) is 21.6. The molecule has 7 heteroatoms. The summed E-state index contributed by atoms with van der Waals surface area (Å²) >= 11 is 5.10. The van der Waals surface area contributed by atoms with E-state index in [1.165, 1.54) is 0 Å². The van der Waals surface area contributed by atoms with Gasteiger partial charge in [0, 0.05) is 19.0 Å². The summed E-state index contributed by atoms with van der Waals surface area (Å²) in [6, 6.07) is 8.00. The number of thiophene rings is 1. The first kappa shape index (κ1) is 14.9. The van der Waals surface area contributed by atoms with Crippen molar-refractivity contribution in [3.63, 3.8) is 0 Å². The molecule has 21 heavy (non-hydrogen) atoms. The molecule has 2 aromatic heterocycles. The van der Waals surface area contributed by atoms with Crippen molar-refractivity contribution in [1.82, 2.24) is 10.2 Å². The maximum absolute atomic E-state index is 5.61. The van der Waals surface area contributed by atoms with Crippen molar-refractivity contribution < 1.29 is 4.74 Å². The highest BCUT2D eigenvalue weighted by Crippen LogP contribution is 2.29. The van der Waals surface area contributed by atoms with Gasteiger partial charge in [0.15, 0.2) is 0 Å². The van der Waals surface area contributed by atoms with Gasteiger partial charge in [0.25, 0.3) is 0 Å². The number of nitrogens with two attached hydrogens (primary N) is 1. The van der Waals surface area contributed by atoms with Crippen LogP contribution in [0.1, 0.15) is 6.42 Å². The summed E-state index contributed by atoms with van der Waals surface area (Å²) in [4.78, 5) is 1.11. The number of hydrogen-bond acceptors (Lipinski definition) is 6. The SMILES string of the molecule is NCC1CC(CNc2ccc(-c3ccc(Br)s3)nn2)CO1. The maximum atomic E-state index is 5.61. The fraction of sp³-hybridized carbons (Fsp3) is 0.429. The fourth-order valence-electron chi connectivity index (χ4n) is 2.35. The minimum Gasteiger partial charge on any atom is -0.377 e. The lowest BCUT2D eigenvalue weighted by atomic mass is 10.1. The number of nitrogens with zero attached hydrogens (tertiary/aromatic N) is 2. The van der Waals surface area contributed by atoms with Crippen molar-refractivity contribution in [2.24, 2.45) is 11.7 Å². The second-order valence-electron chi connectivity index (χ2n) is 5.08. The molecule has 1 saturated heterocycles. The molecule has 3 rings (SSSR count). The topological polar surface area (TPSA) is 73.1 Å². The van der Waals surface area contributed by atoms with Crippen LogP contribution in [-0.4, -0.2) is 36.0 Å². The van der Waals surface area contributed by atoms with Crippen LogP contribution < -0.4 is 11.1 Å². The predicted molar refractivity (Wildman–Crippen MR) is 88.4 cm³/mol. The van der Waals surface area contributed by atoms with E-state index in [-0.39, 0.29) is 6.10 Å². The van der Waals surface area contributed by atoms with Crippen LogP contribution in [0.2, 0.25) is 0 Å². The van der Waals surface area contributed by atoms with Gasteiger partial charge in [-0.05, 0) is 46.6 Å². The van der Waals surface area contributed by atoms with Crippen LogP contribution in [0, 0.1) is 5.92 Å². The van der Waals surface area contributed by atoms with Gasteiger partial charge < -0.3 is 15.8 Å². The first-order valence-electron chi connectivity index (χ1n) is 6.89. The standard InChI is InChI=1S/C14H17BrN4OS/c15-13-3-2-12(21-13)11-1-4-14(19-18-11)17-7-9-5-10(6-16)20-8-9/h1-4,9-10H,5-8,16H2,(H,17,19). The molecule has 0 radical (unpaired) electrons. The summed E-state index contributed by atoms with van der Waals surface area (Å²) in [6.45, 7) is 2.21. The quantitative estimate of drug-likeness (QED) is 0.848. The first-order chi connectivity index (χ1) is 10.2. The van der Waals surface area contributed by atoms with Crippen molar-refractivity contribution in [2.45, 2.75) is 12.5 Å². The smallest absolute Gasteiger partial charge is 0.148 e. The van der Waals surface area contributed by atoms with E-state index in [9.17, 15) is 0 Å². The monoisotopic (exact) mass is 368 g/mol. The van der Waals surface area contributed by atoms with Crippen molar-refractivity contribution >= 4 is 33.1 Å². The molecule has 0 bridgehead atoms. The van der Waals surface area contributed by atoms with Crippen LogP contribution in [0.4, 0.5) is 5.82 Å². The molecular formula is C14H17BrN4OS. The van der Waals surface area contributed by atoms with Crippen molar-refractivity contribution in [1.29, 1.82) is 0 Å².